The molecule has 2 fully saturated rings. The van der Waals surface area contributed by atoms with Crippen molar-refractivity contribution in [2.75, 3.05) is 0 Å². The van der Waals surface area contributed by atoms with Gasteiger partial charge in [-0.05, 0) is 49.9 Å². The summed E-state index contributed by atoms with van der Waals surface area (Å²) in [6, 6.07) is 0. The second-order valence-corrected chi connectivity index (χ2v) is 7.18. The predicted molar refractivity (Wildman–Crippen MR) is 100 cm³/mol. The minimum absolute atomic E-state index is 0.0148. The van der Waals surface area contributed by atoms with Gasteiger partial charge in [0.25, 0.3) is 0 Å². The zero-order valence-electron chi connectivity index (χ0n) is 16.2. The first-order valence-corrected chi connectivity index (χ1v) is 10.4. The van der Waals surface area contributed by atoms with E-state index >= 15 is 0 Å². The molecule has 0 heterocycles. The molecule has 0 saturated heterocycles. The molecule has 0 amide bonds. The molecule has 1 N–H and O–H groups in total. The SMILES string of the molecule is CC.CCC.CCC(CC1CCC(O)CC1)C1CCCCC1. The van der Waals surface area contributed by atoms with E-state index in [0.29, 0.717) is 0 Å². The van der Waals surface area contributed by atoms with Gasteiger partial charge >= 0.3 is 0 Å². The third-order valence-corrected chi connectivity index (χ3v) is 5.29. The Hall–Kier alpha value is -0.0400. The Kier molecular flexibility index (Phi) is 14.5. The van der Waals surface area contributed by atoms with Crippen LogP contribution in [0.5, 0.6) is 0 Å². The first-order chi connectivity index (χ1) is 10.7. The fraction of sp³-hybridized carbons (Fsp3) is 1.00. The lowest BCUT2D eigenvalue weighted by molar-refractivity contribution is 0.0931. The van der Waals surface area contributed by atoms with Crippen molar-refractivity contribution in [3.63, 3.8) is 0 Å². The standard InChI is InChI=1S/C16H30O.C3H8.C2H6/c1-2-14(15-6-4-3-5-7-15)12-13-8-10-16(17)11-9-13;1-3-2;1-2/h13-17H,2-12H2,1H3;3H2,1-2H3;1-2H3. The molecule has 2 saturated carbocycles. The minimum Gasteiger partial charge on any atom is -0.393 e. The van der Waals surface area contributed by atoms with Gasteiger partial charge in [0.15, 0.2) is 0 Å². The molecule has 1 atom stereocenters. The number of hydrogen-bond acceptors (Lipinski definition) is 1. The van der Waals surface area contributed by atoms with Gasteiger partial charge in [-0.1, -0.05) is 79.6 Å². The predicted octanol–water partition coefficient (Wildman–Crippen LogP) is 6.98. The zero-order chi connectivity index (χ0) is 16.8. The fourth-order valence-corrected chi connectivity index (χ4v) is 4.11. The van der Waals surface area contributed by atoms with Crippen LogP contribution in [0.3, 0.4) is 0 Å². The molecule has 2 aliphatic rings. The maximum Gasteiger partial charge on any atom is 0.0540 e. The van der Waals surface area contributed by atoms with Crippen LogP contribution in [0.1, 0.15) is 112 Å². The van der Waals surface area contributed by atoms with E-state index in [9.17, 15) is 5.11 Å². The van der Waals surface area contributed by atoms with Gasteiger partial charge in [-0.15, -0.1) is 0 Å². The molecule has 0 aromatic heterocycles. The van der Waals surface area contributed by atoms with E-state index < -0.39 is 0 Å². The molecule has 0 bridgehead atoms. The lowest BCUT2D eigenvalue weighted by Crippen LogP contribution is -2.24. The Morgan fingerprint density at radius 2 is 1.32 bits per heavy atom. The van der Waals surface area contributed by atoms with Crippen LogP contribution >= 0.6 is 0 Å². The Morgan fingerprint density at radius 3 is 1.77 bits per heavy atom. The average molecular weight is 313 g/mol. The van der Waals surface area contributed by atoms with Gasteiger partial charge in [-0.2, -0.15) is 0 Å². The summed E-state index contributed by atoms with van der Waals surface area (Å²) >= 11 is 0. The molecule has 2 aliphatic carbocycles. The van der Waals surface area contributed by atoms with Crippen LogP contribution in [0.2, 0.25) is 0 Å². The van der Waals surface area contributed by atoms with Crippen molar-refractivity contribution in [2.24, 2.45) is 17.8 Å². The summed E-state index contributed by atoms with van der Waals surface area (Å²) in [4.78, 5) is 0. The Labute approximate surface area is 141 Å². The van der Waals surface area contributed by atoms with E-state index in [1.807, 2.05) is 13.8 Å². The highest BCUT2D eigenvalue weighted by Crippen LogP contribution is 2.38. The van der Waals surface area contributed by atoms with Gasteiger partial charge in [0.1, 0.15) is 0 Å². The second-order valence-electron chi connectivity index (χ2n) is 7.18. The van der Waals surface area contributed by atoms with Crippen molar-refractivity contribution in [3.05, 3.63) is 0 Å². The van der Waals surface area contributed by atoms with E-state index in [4.69, 9.17) is 0 Å². The van der Waals surface area contributed by atoms with E-state index in [-0.39, 0.29) is 6.10 Å². The normalized spacial score (nSPS) is 27.0. The molecule has 0 aromatic rings. The second kappa shape index (κ2) is 14.5. The summed E-state index contributed by atoms with van der Waals surface area (Å²) in [5, 5.41) is 9.57. The lowest BCUT2D eigenvalue weighted by atomic mass is 9.72. The van der Waals surface area contributed by atoms with Crippen LogP contribution in [-0.2, 0) is 0 Å². The van der Waals surface area contributed by atoms with Gasteiger partial charge < -0.3 is 5.11 Å². The van der Waals surface area contributed by atoms with Crippen LogP contribution in [0.4, 0.5) is 0 Å². The number of hydrogen-bond donors (Lipinski definition) is 1. The first-order valence-electron chi connectivity index (χ1n) is 10.4. The molecule has 0 spiro atoms. The van der Waals surface area contributed by atoms with Gasteiger partial charge in [-0.25, -0.2) is 0 Å². The molecule has 1 heteroatoms. The monoisotopic (exact) mass is 312 g/mol. The van der Waals surface area contributed by atoms with Gasteiger partial charge in [0.05, 0.1) is 6.10 Å². The smallest absolute Gasteiger partial charge is 0.0540 e. The van der Waals surface area contributed by atoms with Gasteiger partial charge in [0, 0.05) is 0 Å². The number of aliphatic hydroxyl groups is 1. The molecular formula is C21H44O. The Bertz CT molecular complexity index is 212. The van der Waals surface area contributed by atoms with Crippen molar-refractivity contribution in [1.82, 2.24) is 0 Å². The zero-order valence-corrected chi connectivity index (χ0v) is 16.2. The average Bonchev–Trinajstić information content (AvgIpc) is 2.58. The summed E-state index contributed by atoms with van der Waals surface area (Å²) in [7, 11) is 0. The molecule has 2 rings (SSSR count). The molecular weight excluding hydrogens is 268 g/mol. The number of rotatable bonds is 4. The Morgan fingerprint density at radius 1 is 0.818 bits per heavy atom. The van der Waals surface area contributed by atoms with E-state index in [1.54, 1.807) is 0 Å². The summed E-state index contributed by atoms with van der Waals surface area (Å²) in [5.41, 5.74) is 0. The van der Waals surface area contributed by atoms with Crippen molar-refractivity contribution in [1.29, 1.82) is 0 Å². The number of aliphatic hydroxyl groups excluding tert-OH is 1. The highest BCUT2D eigenvalue weighted by Gasteiger charge is 2.27. The molecule has 1 unspecified atom stereocenters. The van der Waals surface area contributed by atoms with Crippen LogP contribution in [0.25, 0.3) is 0 Å². The molecule has 0 aromatic carbocycles. The Balaban J connectivity index is 0.000000789. The van der Waals surface area contributed by atoms with E-state index in [0.717, 1.165) is 30.6 Å². The molecule has 1 nitrogen and oxygen atoms in total. The van der Waals surface area contributed by atoms with Crippen LogP contribution in [-0.4, -0.2) is 11.2 Å². The third-order valence-electron chi connectivity index (χ3n) is 5.29. The summed E-state index contributed by atoms with van der Waals surface area (Å²) < 4.78 is 0. The van der Waals surface area contributed by atoms with Crippen molar-refractivity contribution < 1.29 is 5.11 Å². The maximum absolute atomic E-state index is 9.57. The lowest BCUT2D eigenvalue weighted by Gasteiger charge is -2.34. The molecule has 22 heavy (non-hydrogen) atoms. The van der Waals surface area contributed by atoms with Gasteiger partial charge in [-0.3, -0.25) is 0 Å². The van der Waals surface area contributed by atoms with Crippen molar-refractivity contribution in [3.8, 4) is 0 Å². The molecule has 0 radical (unpaired) electrons. The van der Waals surface area contributed by atoms with Crippen LogP contribution < -0.4 is 0 Å². The van der Waals surface area contributed by atoms with Crippen LogP contribution in [0.15, 0.2) is 0 Å². The molecule has 134 valence electrons. The maximum atomic E-state index is 9.57. The van der Waals surface area contributed by atoms with E-state index in [2.05, 4.69) is 20.8 Å². The highest BCUT2D eigenvalue weighted by molar-refractivity contribution is 4.79. The molecule has 0 aliphatic heterocycles. The van der Waals surface area contributed by atoms with Crippen LogP contribution in [0, 0.1) is 17.8 Å². The van der Waals surface area contributed by atoms with E-state index in [1.165, 1.54) is 64.2 Å². The largest absolute Gasteiger partial charge is 0.393 e. The summed E-state index contributed by atoms with van der Waals surface area (Å²) in [6.07, 6.45) is 16.2. The summed E-state index contributed by atoms with van der Waals surface area (Å²) in [6.45, 7) is 10.6. The third kappa shape index (κ3) is 9.18. The highest BCUT2D eigenvalue weighted by atomic mass is 16.3. The topological polar surface area (TPSA) is 20.2 Å². The first kappa shape index (κ1) is 22.0. The van der Waals surface area contributed by atoms with Crippen molar-refractivity contribution in [2.45, 2.75) is 118 Å². The fourth-order valence-electron chi connectivity index (χ4n) is 4.11. The van der Waals surface area contributed by atoms with Crippen molar-refractivity contribution >= 4 is 0 Å². The minimum atomic E-state index is 0.0148. The summed E-state index contributed by atoms with van der Waals surface area (Å²) in [5.74, 6) is 2.93. The van der Waals surface area contributed by atoms with Gasteiger partial charge in [0.2, 0.25) is 0 Å². The quantitative estimate of drug-likeness (QED) is 0.594.